The van der Waals surface area contributed by atoms with Gasteiger partial charge >= 0.3 is 12.0 Å². The van der Waals surface area contributed by atoms with Crippen LogP contribution in [0.2, 0.25) is 0 Å². The van der Waals surface area contributed by atoms with Crippen LogP contribution in [0.3, 0.4) is 0 Å². The Hall–Kier alpha value is -0.910. The van der Waals surface area contributed by atoms with Gasteiger partial charge in [0.25, 0.3) is 0 Å². The number of hydrogen-bond acceptors (Lipinski definition) is 3. The molecule has 0 aliphatic carbocycles. The topological polar surface area (TPSA) is 78.4 Å². The van der Waals surface area contributed by atoms with E-state index in [1.54, 1.807) is 6.92 Å². The fourth-order valence-corrected chi connectivity index (χ4v) is 3.19. The van der Waals surface area contributed by atoms with Crippen LogP contribution in [0.25, 0.3) is 0 Å². The van der Waals surface area contributed by atoms with Crippen molar-refractivity contribution in [2.75, 3.05) is 24.6 Å². The Kier molecular flexibility index (Phi) is 7.70. The van der Waals surface area contributed by atoms with Crippen LogP contribution in [-0.2, 0) is 4.79 Å². The van der Waals surface area contributed by atoms with E-state index in [2.05, 4.69) is 10.6 Å². The molecule has 1 aliphatic heterocycles. The van der Waals surface area contributed by atoms with Gasteiger partial charge in [0.1, 0.15) is 0 Å². The van der Waals surface area contributed by atoms with Gasteiger partial charge in [-0.15, -0.1) is 0 Å². The first-order valence-electron chi connectivity index (χ1n) is 6.92. The van der Waals surface area contributed by atoms with Crippen molar-refractivity contribution in [3.05, 3.63) is 0 Å². The Morgan fingerprint density at radius 1 is 1.32 bits per heavy atom. The Morgan fingerprint density at radius 3 is 2.63 bits per heavy atom. The number of carbonyl (C=O) groups excluding carboxylic acids is 1. The number of nitrogens with one attached hydrogen (secondary N) is 2. The average molecular weight is 288 g/mol. The maximum Gasteiger partial charge on any atom is 0.314 e. The van der Waals surface area contributed by atoms with Crippen molar-refractivity contribution in [2.45, 2.75) is 32.6 Å². The highest BCUT2D eigenvalue weighted by Gasteiger charge is 2.14. The summed E-state index contributed by atoms with van der Waals surface area (Å²) in [6.45, 7) is 2.96. The molecule has 1 unspecified atom stereocenters. The van der Waals surface area contributed by atoms with E-state index >= 15 is 0 Å². The summed E-state index contributed by atoms with van der Waals surface area (Å²) in [6, 6.07) is -0.138. The standard InChI is InChI=1S/C13H24N2O3S/c1-10(12(16)17)3-2-6-14-13(18)15-9-11-4-7-19-8-5-11/h10-11H,2-9H2,1H3,(H,16,17)(H2,14,15,18). The molecular weight excluding hydrogens is 264 g/mol. The van der Waals surface area contributed by atoms with Gasteiger partial charge in [0.15, 0.2) is 0 Å². The van der Waals surface area contributed by atoms with Crippen LogP contribution in [0, 0.1) is 11.8 Å². The van der Waals surface area contributed by atoms with Gasteiger partial charge in [0.2, 0.25) is 0 Å². The lowest BCUT2D eigenvalue weighted by molar-refractivity contribution is -0.141. The zero-order valence-corrected chi connectivity index (χ0v) is 12.3. The minimum Gasteiger partial charge on any atom is -0.481 e. The maximum absolute atomic E-state index is 11.5. The highest BCUT2D eigenvalue weighted by Crippen LogP contribution is 2.21. The van der Waals surface area contributed by atoms with Crippen molar-refractivity contribution in [1.82, 2.24) is 10.6 Å². The van der Waals surface area contributed by atoms with Crippen molar-refractivity contribution in [2.24, 2.45) is 11.8 Å². The molecule has 0 saturated carbocycles. The molecule has 110 valence electrons. The molecule has 0 bridgehead atoms. The van der Waals surface area contributed by atoms with Crippen molar-refractivity contribution >= 4 is 23.8 Å². The SMILES string of the molecule is CC(CCCNC(=O)NCC1CCSCC1)C(=O)O. The second kappa shape index (κ2) is 9.07. The lowest BCUT2D eigenvalue weighted by atomic mass is 10.0. The summed E-state index contributed by atoms with van der Waals surface area (Å²) in [5.74, 6) is 1.88. The molecule has 0 aromatic heterocycles. The zero-order valence-electron chi connectivity index (χ0n) is 11.5. The molecule has 3 N–H and O–H groups in total. The van der Waals surface area contributed by atoms with Gasteiger partial charge in [-0.2, -0.15) is 11.8 Å². The molecule has 1 saturated heterocycles. The van der Waals surface area contributed by atoms with Crippen molar-refractivity contribution in [3.8, 4) is 0 Å². The highest BCUT2D eigenvalue weighted by molar-refractivity contribution is 7.99. The number of hydrogen-bond donors (Lipinski definition) is 3. The number of carboxylic acids is 1. The molecule has 1 aliphatic rings. The van der Waals surface area contributed by atoms with Gasteiger partial charge in [-0.25, -0.2) is 4.79 Å². The van der Waals surface area contributed by atoms with Crippen LogP contribution >= 0.6 is 11.8 Å². The van der Waals surface area contributed by atoms with E-state index in [0.717, 1.165) is 6.54 Å². The summed E-state index contributed by atoms with van der Waals surface area (Å²) in [5, 5.41) is 14.4. The minimum absolute atomic E-state index is 0.138. The third-order valence-corrected chi connectivity index (χ3v) is 4.46. The Labute approximate surface area is 118 Å². The third-order valence-electron chi connectivity index (χ3n) is 3.41. The quantitative estimate of drug-likeness (QED) is 0.626. The number of aliphatic carboxylic acids is 1. The molecule has 0 radical (unpaired) electrons. The van der Waals surface area contributed by atoms with Gasteiger partial charge in [0, 0.05) is 13.1 Å². The first-order chi connectivity index (χ1) is 9.09. The monoisotopic (exact) mass is 288 g/mol. The van der Waals surface area contributed by atoms with E-state index in [4.69, 9.17) is 5.11 Å². The van der Waals surface area contributed by atoms with Crippen LogP contribution in [0.1, 0.15) is 32.6 Å². The molecule has 0 spiro atoms. The lowest BCUT2D eigenvalue weighted by Gasteiger charge is -2.21. The summed E-state index contributed by atoms with van der Waals surface area (Å²) in [4.78, 5) is 22.1. The van der Waals surface area contributed by atoms with E-state index in [-0.39, 0.29) is 11.9 Å². The van der Waals surface area contributed by atoms with Gasteiger partial charge in [-0.05, 0) is 43.1 Å². The van der Waals surface area contributed by atoms with Crippen molar-refractivity contribution in [1.29, 1.82) is 0 Å². The summed E-state index contributed by atoms with van der Waals surface area (Å²) < 4.78 is 0. The molecular formula is C13H24N2O3S. The van der Waals surface area contributed by atoms with E-state index < -0.39 is 5.97 Å². The lowest BCUT2D eigenvalue weighted by Crippen LogP contribution is -2.39. The summed E-state index contributed by atoms with van der Waals surface area (Å²) in [5.41, 5.74) is 0. The molecule has 0 aromatic carbocycles. The number of rotatable bonds is 7. The van der Waals surface area contributed by atoms with Gasteiger partial charge in [-0.3, -0.25) is 4.79 Å². The normalized spacial score (nSPS) is 17.7. The maximum atomic E-state index is 11.5. The number of urea groups is 1. The van der Waals surface area contributed by atoms with Crippen molar-refractivity contribution < 1.29 is 14.7 Å². The van der Waals surface area contributed by atoms with Gasteiger partial charge in [0.05, 0.1) is 5.92 Å². The van der Waals surface area contributed by atoms with E-state index in [1.165, 1.54) is 24.3 Å². The zero-order chi connectivity index (χ0) is 14.1. The second-order valence-corrected chi connectivity index (χ2v) is 6.30. The highest BCUT2D eigenvalue weighted by atomic mass is 32.2. The Bertz CT molecular complexity index is 294. The number of amides is 2. The number of carbonyl (C=O) groups is 2. The van der Waals surface area contributed by atoms with E-state index in [0.29, 0.717) is 25.3 Å². The smallest absolute Gasteiger partial charge is 0.314 e. The summed E-state index contributed by atoms with van der Waals surface area (Å²) in [7, 11) is 0. The fourth-order valence-electron chi connectivity index (χ4n) is 1.98. The van der Waals surface area contributed by atoms with Gasteiger partial charge < -0.3 is 15.7 Å². The Morgan fingerprint density at radius 2 is 2.00 bits per heavy atom. The summed E-state index contributed by atoms with van der Waals surface area (Å²) in [6.07, 6.45) is 3.65. The molecule has 2 amide bonds. The van der Waals surface area contributed by atoms with E-state index in [9.17, 15) is 9.59 Å². The van der Waals surface area contributed by atoms with Crippen molar-refractivity contribution in [3.63, 3.8) is 0 Å². The van der Waals surface area contributed by atoms with Crippen LogP contribution in [0.15, 0.2) is 0 Å². The molecule has 5 nitrogen and oxygen atoms in total. The largest absolute Gasteiger partial charge is 0.481 e. The fraction of sp³-hybridized carbons (Fsp3) is 0.846. The Balaban J connectivity index is 2.00. The first-order valence-corrected chi connectivity index (χ1v) is 8.07. The van der Waals surface area contributed by atoms with Gasteiger partial charge in [-0.1, -0.05) is 6.92 Å². The molecule has 1 rings (SSSR count). The number of thioether (sulfide) groups is 1. The predicted octanol–water partition coefficient (Wildman–Crippen LogP) is 1.93. The predicted molar refractivity (Wildman–Crippen MR) is 77.5 cm³/mol. The first kappa shape index (κ1) is 16.1. The molecule has 6 heteroatoms. The number of carboxylic acid groups (broad SMARTS) is 1. The minimum atomic E-state index is -0.778. The van der Waals surface area contributed by atoms with Crippen LogP contribution in [0.5, 0.6) is 0 Å². The van der Waals surface area contributed by atoms with Crippen LogP contribution < -0.4 is 10.6 Å². The molecule has 0 aromatic rings. The molecule has 19 heavy (non-hydrogen) atoms. The summed E-state index contributed by atoms with van der Waals surface area (Å²) >= 11 is 1.98. The molecule has 1 fully saturated rings. The molecule has 1 atom stereocenters. The molecule has 1 heterocycles. The second-order valence-electron chi connectivity index (χ2n) is 5.07. The van der Waals surface area contributed by atoms with Crippen LogP contribution in [0.4, 0.5) is 4.79 Å². The third kappa shape index (κ3) is 7.30. The van der Waals surface area contributed by atoms with E-state index in [1.807, 2.05) is 11.8 Å². The van der Waals surface area contributed by atoms with Crippen LogP contribution in [-0.4, -0.2) is 41.7 Å². The average Bonchev–Trinajstić information content (AvgIpc) is 2.42.